The SMILES string of the molecule is COCC1CCN(CC(=O)c2cc(C)n(C)c2C)CC1. The van der Waals surface area contributed by atoms with Gasteiger partial charge in [0.2, 0.25) is 0 Å². The zero-order chi connectivity index (χ0) is 14.7. The number of rotatable bonds is 5. The van der Waals surface area contributed by atoms with Crippen molar-refractivity contribution >= 4 is 5.78 Å². The molecule has 1 fully saturated rings. The second-order valence-electron chi connectivity index (χ2n) is 5.94. The molecule has 0 spiro atoms. The predicted octanol–water partition coefficient (Wildman–Crippen LogP) is 2.18. The number of hydrogen-bond acceptors (Lipinski definition) is 3. The van der Waals surface area contributed by atoms with Gasteiger partial charge < -0.3 is 9.30 Å². The summed E-state index contributed by atoms with van der Waals surface area (Å²) < 4.78 is 7.29. The van der Waals surface area contributed by atoms with Crippen LogP contribution >= 0.6 is 0 Å². The first-order chi connectivity index (χ1) is 9.52. The molecule has 1 aliphatic rings. The van der Waals surface area contributed by atoms with E-state index >= 15 is 0 Å². The van der Waals surface area contributed by atoms with Crippen molar-refractivity contribution in [3.63, 3.8) is 0 Å². The van der Waals surface area contributed by atoms with Crippen LogP contribution in [0, 0.1) is 19.8 Å². The zero-order valence-electron chi connectivity index (χ0n) is 13.1. The second-order valence-corrected chi connectivity index (χ2v) is 5.94. The molecule has 0 unspecified atom stereocenters. The summed E-state index contributed by atoms with van der Waals surface area (Å²) in [6.07, 6.45) is 2.27. The monoisotopic (exact) mass is 278 g/mol. The van der Waals surface area contributed by atoms with Gasteiger partial charge in [0.15, 0.2) is 5.78 Å². The molecule has 20 heavy (non-hydrogen) atoms. The summed E-state index contributed by atoms with van der Waals surface area (Å²) in [7, 11) is 3.77. The topological polar surface area (TPSA) is 34.5 Å². The van der Waals surface area contributed by atoms with Gasteiger partial charge in [0.05, 0.1) is 6.54 Å². The molecule has 1 aromatic rings. The average molecular weight is 278 g/mol. The van der Waals surface area contributed by atoms with E-state index in [1.807, 2.05) is 27.0 Å². The minimum Gasteiger partial charge on any atom is -0.384 e. The molecule has 0 radical (unpaired) electrons. The minimum absolute atomic E-state index is 0.247. The number of aromatic nitrogens is 1. The fourth-order valence-corrected chi connectivity index (χ4v) is 2.97. The Morgan fingerprint density at radius 2 is 2.00 bits per heavy atom. The lowest BCUT2D eigenvalue weighted by molar-refractivity contribution is 0.0809. The van der Waals surface area contributed by atoms with Crippen molar-refractivity contribution in [3.8, 4) is 0 Å². The van der Waals surface area contributed by atoms with E-state index in [1.165, 1.54) is 0 Å². The van der Waals surface area contributed by atoms with Crippen molar-refractivity contribution in [3.05, 3.63) is 23.0 Å². The van der Waals surface area contributed by atoms with Crippen LogP contribution in [-0.4, -0.2) is 48.6 Å². The Morgan fingerprint density at radius 3 is 2.50 bits per heavy atom. The highest BCUT2D eigenvalue weighted by Gasteiger charge is 2.22. The van der Waals surface area contributed by atoms with Gasteiger partial charge in [0.25, 0.3) is 0 Å². The van der Waals surface area contributed by atoms with Crippen LogP contribution in [0.25, 0.3) is 0 Å². The zero-order valence-corrected chi connectivity index (χ0v) is 13.1. The molecule has 0 aliphatic carbocycles. The van der Waals surface area contributed by atoms with E-state index in [9.17, 15) is 4.79 Å². The van der Waals surface area contributed by atoms with Crippen LogP contribution in [-0.2, 0) is 11.8 Å². The lowest BCUT2D eigenvalue weighted by Gasteiger charge is -2.31. The van der Waals surface area contributed by atoms with Gasteiger partial charge in [-0.3, -0.25) is 9.69 Å². The summed E-state index contributed by atoms with van der Waals surface area (Å²) in [6.45, 7) is 7.46. The predicted molar refractivity (Wildman–Crippen MR) is 80.3 cm³/mol. The summed E-state index contributed by atoms with van der Waals surface area (Å²) in [5.74, 6) is 0.906. The number of carbonyl (C=O) groups is 1. The quantitative estimate of drug-likeness (QED) is 0.774. The van der Waals surface area contributed by atoms with Crippen LogP contribution in [0.3, 0.4) is 0 Å². The van der Waals surface area contributed by atoms with Gasteiger partial charge in [-0.05, 0) is 51.8 Å². The van der Waals surface area contributed by atoms with E-state index in [1.54, 1.807) is 7.11 Å². The van der Waals surface area contributed by atoms with Crippen LogP contribution in [0.15, 0.2) is 6.07 Å². The first kappa shape index (κ1) is 15.3. The smallest absolute Gasteiger partial charge is 0.178 e. The summed E-state index contributed by atoms with van der Waals surface area (Å²) in [5.41, 5.74) is 3.09. The summed E-state index contributed by atoms with van der Waals surface area (Å²) in [5, 5.41) is 0. The van der Waals surface area contributed by atoms with E-state index in [2.05, 4.69) is 9.47 Å². The van der Waals surface area contributed by atoms with Crippen molar-refractivity contribution in [2.24, 2.45) is 13.0 Å². The molecule has 0 N–H and O–H groups in total. The highest BCUT2D eigenvalue weighted by atomic mass is 16.5. The summed E-state index contributed by atoms with van der Waals surface area (Å²) in [4.78, 5) is 14.7. The maximum atomic E-state index is 12.4. The number of nitrogens with zero attached hydrogens (tertiary/aromatic N) is 2. The number of piperidine rings is 1. The maximum absolute atomic E-state index is 12.4. The molecular formula is C16H26N2O2. The summed E-state index contributed by atoms with van der Waals surface area (Å²) in [6, 6.07) is 2.01. The third kappa shape index (κ3) is 3.30. The summed E-state index contributed by atoms with van der Waals surface area (Å²) >= 11 is 0. The number of likely N-dealkylation sites (tertiary alicyclic amines) is 1. The number of hydrogen-bond donors (Lipinski definition) is 0. The van der Waals surface area contributed by atoms with Gasteiger partial charge in [-0.1, -0.05) is 0 Å². The van der Waals surface area contributed by atoms with Crippen LogP contribution < -0.4 is 0 Å². The molecule has 112 valence electrons. The molecule has 0 saturated carbocycles. The molecule has 0 atom stereocenters. The Balaban J connectivity index is 1.91. The number of Topliss-reactive ketones (excluding diaryl/α,β-unsaturated/α-hetero) is 1. The second kappa shape index (κ2) is 6.55. The molecule has 4 nitrogen and oxygen atoms in total. The Kier molecular flexibility index (Phi) is 5.00. The third-order valence-electron chi connectivity index (χ3n) is 4.55. The average Bonchev–Trinajstić information content (AvgIpc) is 2.69. The lowest BCUT2D eigenvalue weighted by Crippen LogP contribution is -2.38. The molecule has 1 saturated heterocycles. The first-order valence-electron chi connectivity index (χ1n) is 7.40. The van der Waals surface area contributed by atoms with Crippen LogP contribution in [0.1, 0.15) is 34.6 Å². The van der Waals surface area contributed by atoms with Crippen LogP contribution in [0.5, 0.6) is 0 Å². The number of methoxy groups -OCH3 is 1. The maximum Gasteiger partial charge on any atom is 0.178 e. The van der Waals surface area contributed by atoms with E-state index in [0.717, 1.165) is 49.5 Å². The molecular weight excluding hydrogens is 252 g/mol. The molecule has 0 amide bonds. The fraction of sp³-hybridized carbons (Fsp3) is 0.688. The largest absolute Gasteiger partial charge is 0.384 e. The minimum atomic E-state index is 0.247. The normalized spacial score (nSPS) is 17.6. The van der Waals surface area contributed by atoms with E-state index < -0.39 is 0 Å². The fourth-order valence-electron chi connectivity index (χ4n) is 2.97. The highest BCUT2D eigenvalue weighted by Crippen LogP contribution is 2.19. The first-order valence-corrected chi connectivity index (χ1v) is 7.40. The standard InChI is InChI=1S/C16H26N2O2/c1-12-9-15(13(2)17(12)3)16(19)10-18-7-5-14(6-8-18)11-20-4/h9,14H,5-8,10-11H2,1-4H3. The Morgan fingerprint density at radius 1 is 1.35 bits per heavy atom. The van der Waals surface area contributed by atoms with E-state index in [0.29, 0.717) is 12.5 Å². The molecule has 1 aliphatic heterocycles. The highest BCUT2D eigenvalue weighted by molar-refractivity contribution is 5.99. The van der Waals surface area contributed by atoms with Crippen molar-refractivity contribution in [2.45, 2.75) is 26.7 Å². The van der Waals surface area contributed by atoms with Crippen molar-refractivity contribution < 1.29 is 9.53 Å². The van der Waals surface area contributed by atoms with Gasteiger partial charge in [0.1, 0.15) is 0 Å². The molecule has 1 aromatic heterocycles. The third-order valence-corrected chi connectivity index (χ3v) is 4.55. The van der Waals surface area contributed by atoms with Crippen molar-refractivity contribution in [1.29, 1.82) is 0 Å². The van der Waals surface area contributed by atoms with Gasteiger partial charge in [-0.25, -0.2) is 0 Å². The van der Waals surface area contributed by atoms with Crippen LogP contribution in [0.4, 0.5) is 0 Å². The van der Waals surface area contributed by atoms with Gasteiger partial charge in [0, 0.05) is 37.7 Å². The molecule has 0 aromatic carbocycles. The van der Waals surface area contributed by atoms with Crippen LogP contribution in [0.2, 0.25) is 0 Å². The van der Waals surface area contributed by atoms with Crippen molar-refractivity contribution in [2.75, 3.05) is 33.4 Å². The van der Waals surface area contributed by atoms with Crippen molar-refractivity contribution in [1.82, 2.24) is 9.47 Å². The number of carbonyl (C=O) groups excluding carboxylic acids is 1. The molecule has 2 rings (SSSR count). The number of ether oxygens (including phenoxy) is 1. The Labute approximate surface area is 121 Å². The van der Waals surface area contributed by atoms with E-state index in [4.69, 9.17) is 4.74 Å². The van der Waals surface area contributed by atoms with Gasteiger partial charge >= 0.3 is 0 Å². The Bertz CT molecular complexity index is 471. The number of ketones is 1. The molecule has 0 bridgehead atoms. The lowest BCUT2D eigenvalue weighted by atomic mass is 9.97. The Hall–Kier alpha value is -1.13. The van der Waals surface area contributed by atoms with Gasteiger partial charge in [-0.2, -0.15) is 0 Å². The number of aryl methyl sites for hydroxylation is 1. The van der Waals surface area contributed by atoms with E-state index in [-0.39, 0.29) is 5.78 Å². The molecule has 4 heteroatoms. The molecule has 2 heterocycles. The van der Waals surface area contributed by atoms with Gasteiger partial charge in [-0.15, -0.1) is 0 Å².